The van der Waals surface area contributed by atoms with Gasteiger partial charge >= 0.3 is 5.63 Å². The van der Waals surface area contributed by atoms with Gasteiger partial charge in [-0.2, -0.15) is 0 Å². The van der Waals surface area contributed by atoms with Gasteiger partial charge in [0.25, 0.3) is 5.91 Å². The summed E-state index contributed by atoms with van der Waals surface area (Å²) in [4.78, 5) is 23.1. The highest BCUT2D eigenvalue weighted by atomic mass is 32.1. The first-order valence-electron chi connectivity index (χ1n) is 7.08. The van der Waals surface area contributed by atoms with Crippen molar-refractivity contribution in [3.63, 3.8) is 0 Å². The van der Waals surface area contributed by atoms with Crippen LogP contribution in [0.5, 0.6) is 0 Å². The molecule has 2 aromatic carbocycles. The molecule has 0 radical (unpaired) electrons. The molecule has 1 aromatic heterocycles. The molecule has 0 spiro atoms. The number of rotatable bonds is 2. The summed E-state index contributed by atoms with van der Waals surface area (Å²) in [5, 5.41) is 3.93. The Bertz CT molecular complexity index is 954. The fourth-order valence-electron chi connectivity index (χ4n) is 2.09. The Morgan fingerprint density at radius 1 is 0.958 bits per heavy atom. The van der Waals surface area contributed by atoms with Crippen LogP contribution in [0.15, 0.2) is 69.9 Å². The van der Waals surface area contributed by atoms with Crippen molar-refractivity contribution in [2.24, 2.45) is 0 Å². The van der Waals surface area contributed by atoms with Gasteiger partial charge in [-0.1, -0.05) is 18.2 Å². The molecule has 0 unspecified atom stereocenters. The molecule has 3 aromatic rings. The van der Waals surface area contributed by atoms with E-state index in [1.54, 1.807) is 48.5 Å². The molecule has 120 valence electrons. The molecule has 0 saturated carbocycles. The van der Waals surface area contributed by atoms with E-state index in [0.717, 1.165) is 5.39 Å². The summed E-state index contributed by atoms with van der Waals surface area (Å²) in [5.41, 5.74) is 6.45. The molecule has 0 aliphatic heterocycles. The van der Waals surface area contributed by atoms with Crippen molar-refractivity contribution >= 4 is 39.9 Å². The number of hydrogen-bond donors (Lipinski definition) is 3. The number of thiocarbonyl (C=S) groups is 1. The number of amides is 1. The summed E-state index contributed by atoms with van der Waals surface area (Å²) >= 11 is 5.14. The number of nitrogens with one attached hydrogen (secondary N) is 3. The molecule has 1 heterocycles. The van der Waals surface area contributed by atoms with E-state index >= 15 is 0 Å². The molecule has 0 saturated heterocycles. The number of carbonyl (C=O) groups is 1. The number of carbonyl (C=O) groups excluding carboxylic acids is 1. The van der Waals surface area contributed by atoms with Gasteiger partial charge in [0.15, 0.2) is 5.11 Å². The predicted molar refractivity (Wildman–Crippen MR) is 95.7 cm³/mol. The van der Waals surface area contributed by atoms with Gasteiger partial charge in [-0.15, -0.1) is 0 Å². The van der Waals surface area contributed by atoms with E-state index in [1.807, 2.05) is 6.07 Å². The molecule has 0 fully saturated rings. The minimum absolute atomic E-state index is 0.232. The third-order valence-electron chi connectivity index (χ3n) is 3.20. The van der Waals surface area contributed by atoms with Crippen molar-refractivity contribution in [2.75, 3.05) is 5.32 Å². The van der Waals surface area contributed by atoms with Crippen LogP contribution in [-0.2, 0) is 0 Å². The van der Waals surface area contributed by atoms with Gasteiger partial charge in [-0.3, -0.25) is 15.6 Å². The van der Waals surface area contributed by atoms with Crippen LogP contribution in [0.3, 0.4) is 0 Å². The number of benzene rings is 2. The van der Waals surface area contributed by atoms with Crippen LogP contribution in [-0.4, -0.2) is 11.0 Å². The molecule has 3 rings (SSSR count). The monoisotopic (exact) mass is 339 g/mol. The average molecular weight is 339 g/mol. The Labute approximate surface area is 142 Å². The first-order chi connectivity index (χ1) is 11.6. The van der Waals surface area contributed by atoms with Gasteiger partial charge in [0.1, 0.15) is 5.58 Å². The Balaban J connectivity index is 1.61. The molecule has 0 aliphatic carbocycles. The lowest BCUT2D eigenvalue weighted by atomic mass is 10.2. The maximum atomic E-state index is 11.9. The number of fused-ring (bicyclic) bond motifs is 1. The highest BCUT2D eigenvalue weighted by Crippen LogP contribution is 2.17. The van der Waals surface area contributed by atoms with Crippen molar-refractivity contribution in [3.8, 4) is 0 Å². The van der Waals surface area contributed by atoms with Crippen molar-refractivity contribution in [3.05, 3.63) is 76.6 Å². The molecule has 0 atom stereocenters. The zero-order chi connectivity index (χ0) is 16.9. The van der Waals surface area contributed by atoms with E-state index in [-0.39, 0.29) is 11.0 Å². The third kappa shape index (κ3) is 3.76. The van der Waals surface area contributed by atoms with Crippen LogP contribution < -0.4 is 21.8 Å². The minimum atomic E-state index is -0.399. The molecule has 1 amide bonds. The average Bonchev–Trinajstić information content (AvgIpc) is 2.60. The van der Waals surface area contributed by atoms with Crippen molar-refractivity contribution < 1.29 is 9.21 Å². The van der Waals surface area contributed by atoms with E-state index in [4.69, 9.17) is 16.6 Å². The van der Waals surface area contributed by atoms with Crippen molar-refractivity contribution in [1.82, 2.24) is 10.9 Å². The number of hydrogen-bond acceptors (Lipinski definition) is 4. The van der Waals surface area contributed by atoms with Crippen LogP contribution in [0.2, 0.25) is 0 Å². The van der Waals surface area contributed by atoms with Crippen molar-refractivity contribution in [1.29, 1.82) is 0 Å². The lowest BCUT2D eigenvalue weighted by Gasteiger charge is -2.12. The minimum Gasteiger partial charge on any atom is -0.423 e. The van der Waals surface area contributed by atoms with Gasteiger partial charge < -0.3 is 9.73 Å². The topological polar surface area (TPSA) is 83.4 Å². The molecular formula is C17H13N3O3S. The Morgan fingerprint density at radius 2 is 1.75 bits per heavy atom. The number of anilines is 1. The largest absolute Gasteiger partial charge is 0.423 e. The summed E-state index contributed by atoms with van der Waals surface area (Å²) in [6.07, 6.45) is 0. The first kappa shape index (κ1) is 15.7. The third-order valence-corrected chi connectivity index (χ3v) is 3.41. The highest BCUT2D eigenvalue weighted by Gasteiger charge is 2.05. The molecular weight excluding hydrogens is 326 g/mol. The molecule has 0 bridgehead atoms. The number of hydrazine groups is 1. The van der Waals surface area contributed by atoms with Crippen LogP contribution >= 0.6 is 12.2 Å². The van der Waals surface area contributed by atoms with E-state index in [2.05, 4.69) is 16.2 Å². The Hall–Kier alpha value is -3.19. The zero-order valence-electron chi connectivity index (χ0n) is 12.4. The SMILES string of the molecule is O=C(NNC(=S)Nc1ccc2oc(=O)ccc2c1)c1ccccc1. The summed E-state index contributed by atoms with van der Waals surface area (Å²) in [6.45, 7) is 0. The molecule has 0 aliphatic rings. The standard InChI is InChI=1S/C17H13N3O3S/c21-15-9-6-12-10-13(7-8-14(12)23-15)18-17(24)20-19-16(22)11-4-2-1-3-5-11/h1-10H,(H,19,22)(H2,18,20,24). The molecule has 7 heteroatoms. The maximum absolute atomic E-state index is 11.9. The van der Waals surface area contributed by atoms with E-state index in [1.165, 1.54) is 6.07 Å². The molecule has 3 N–H and O–H groups in total. The predicted octanol–water partition coefficient (Wildman–Crippen LogP) is 2.42. The van der Waals surface area contributed by atoms with Crippen LogP contribution in [0.4, 0.5) is 5.69 Å². The smallest absolute Gasteiger partial charge is 0.336 e. The van der Waals surface area contributed by atoms with E-state index < -0.39 is 5.63 Å². The zero-order valence-corrected chi connectivity index (χ0v) is 13.2. The summed E-state index contributed by atoms with van der Waals surface area (Å²) in [7, 11) is 0. The van der Waals surface area contributed by atoms with Crippen LogP contribution in [0.1, 0.15) is 10.4 Å². The van der Waals surface area contributed by atoms with E-state index in [0.29, 0.717) is 16.8 Å². The highest BCUT2D eigenvalue weighted by molar-refractivity contribution is 7.80. The van der Waals surface area contributed by atoms with Gasteiger partial charge in [0.05, 0.1) is 0 Å². The normalized spacial score (nSPS) is 10.2. The second-order valence-corrected chi connectivity index (χ2v) is 5.31. The Morgan fingerprint density at radius 3 is 2.54 bits per heavy atom. The molecule has 6 nitrogen and oxygen atoms in total. The second-order valence-electron chi connectivity index (χ2n) is 4.91. The molecule has 24 heavy (non-hydrogen) atoms. The van der Waals surface area contributed by atoms with E-state index in [9.17, 15) is 9.59 Å². The van der Waals surface area contributed by atoms with Gasteiger partial charge in [0.2, 0.25) is 0 Å². The Kier molecular flexibility index (Phi) is 4.53. The maximum Gasteiger partial charge on any atom is 0.336 e. The van der Waals surface area contributed by atoms with Crippen LogP contribution in [0, 0.1) is 0 Å². The quantitative estimate of drug-likeness (QED) is 0.378. The summed E-state index contributed by atoms with van der Waals surface area (Å²) in [5.74, 6) is -0.292. The van der Waals surface area contributed by atoms with Gasteiger partial charge in [-0.25, -0.2) is 4.79 Å². The first-order valence-corrected chi connectivity index (χ1v) is 7.49. The summed E-state index contributed by atoms with van der Waals surface area (Å²) in [6, 6.07) is 17.0. The lowest BCUT2D eigenvalue weighted by Crippen LogP contribution is -2.43. The van der Waals surface area contributed by atoms with Crippen LogP contribution in [0.25, 0.3) is 11.0 Å². The van der Waals surface area contributed by atoms with Crippen molar-refractivity contribution in [2.45, 2.75) is 0 Å². The second kappa shape index (κ2) is 6.93. The summed E-state index contributed by atoms with van der Waals surface area (Å²) < 4.78 is 5.06. The van der Waals surface area contributed by atoms with Gasteiger partial charge in [-0.05, 0) is 48.6 Å². The lowest BCUT2D eigenvalue weighted by molar-refractivity contribution is 0.0944. The van der Waals surface area contributed by atoms with Gasteiger partial charge in [0, 0.05) is 22.7 Å². The fraction of sp³-hybridized carbons (Fsp3) is 0. The fourth-order valence-corrected chi connectivity index (χ4v) is 2.26.